The molecule has 0 radical (unpaired) electrons. The summed E-state index contributed by atoms with van der Waals surface area (Å²) in [6.07, 6.45) is -2.53. The van der Waals surface area contributed by atoms with Crippen LogP contribution in [0.1, 0.15) is 47.7 Å². The second-order valence-corrected chi connectivity index (χ2v) is 7.40. The first kappa shape index (κ1) is 28.8. The summed E-state index contributed by atoms with van der Waals surface area (Å²) in [5, 5.41) is 8.83. The van der Waals surface area contributed by atoms with Crippen LogP contribution in [0.4, 0.5) is 22.0 Å². The molecule has 0 bridgehead atoms. The largest absolute Gasteiger partial charge is 0.573 e. The Labute approximate surface area is 203 Å². The van der Waals surface area contributed by atoms with Gasteiger partial charge in [-0.05, 0) is 25.0 Å². The molecule has 198 valence electrons. The van der Waals surface area contributed by atoms with Crippen molar-refractivity contribution in [1.29, 1.82) is 0 Å². The Bertz CT molecular complexity index is 1110. The van der Waals surface area contributed by atoms with E-state index in [0.717, 1.165) is 43.0 Å². The van der Waals surface area contributed by atoms with Gasteiger partial charge in [0, 0.05) is 32.7 Å². The molecule has 14 heteroatoms. The van der Waals surface area contributed by atoms with Gasteiger partial charge in [-0.2, -0.15) is 0 Å². The van der Waals surface area contributed by atoms with E-state index in [9.17, 15) is 26.7 Å². The van der Waals surface area contributed by atoms with Gasteiger partial charge in [0.1, 0.15) is 23.0 Å². The second kappa shape index (κ2) is 13.6. The second-order valence-electron chi connectivity index (χ2n) is 7.40. The molecule has 3 rings (SSSR count). The molecule has 0 aliphatic rings. The zero-order chi connectivity index (χ0) is 26.7. The van der Waals surface area contributed by atoms with Crippen molar-refractivity contribution in [3.05, 3.63) is 47.8 Å². The van der Waals surface area contributed by atoms with Crippen molar-refractivity contribution in [3.63, 3.8) is 0 Å². The molecule has 0 aliphatic carbocycles. The van der Waals surface area contributed by atoms with Crippen molar-refractivity contribution < 1.29 is 41.3 Å². The number of benzene rings is 1. The van der Waals surface area contributed by atoms with Crippen LogP contribution in [0.25, 0.3) is 11.0 Å². The summed E-state index contributed by atoms with van der Waals surface area (Å²) in [7, 11) is 1.59. The maximum Gasteiger partial charge on any atom is 0.573 e. The monoisotopic (exact) mass is 519 g/mol. The highest BCUT2D eigenvalue weighted by atomic mass is 19.4. The lowest BCUT2D eigenvalue weighted by molar-refractivity contribution is -0.274. The van der Waals surface area contributed by atoms with Crippen molar-refractivity contribution in [2.45, 2.75) is 45.0 Å². The molecule has 0 aliphatic heterocycles. The van der Waals surface area contributed by atoms with E-state index in [0.29, 0.717) is 25.1 Å². The molecule has 0 unspecified atom stereocenters. The molecular formula is C22H26F5N5O4. The Kier molecular flexibility index (Phi) is 10.9. The van der Waals surface area contributed by atoms with E-state index < -0.39 is 24.4 Å². The van der Waals surface area contributed by atoms with Crippen molar-refractivity contribution in [3.8, 4) is 5.75 Å². The number of methoxy groups -OCH3 is 1. The summed E-state index contributed by atoms with van der Waals surface area (Å²) in [5.41, 5.74) is 5.43. The summed E-state index contributed by atoms with van der Waals surface area (Å²) in [6, 6.07) is 4.16. The standard InChI is InChI=1S/C16H21F3N2O3.C6H5F2N3O/c1-23-10-8-21-14-7-6-12(24-16(17,18)19)11-13(14)20-15(21)5-3-2-4-9-22;7-5(8)3-1-11-4(2-10-3)6(9)12/h6-7,11,22H,2-5,8-10H2,1H3;1-2,5H,(H2,9,12). The van der Waals surface area contributed by atoms with Crippen LogP contribution in [0, 0.1) is 0 Å². The highest BCUT2D eigenvalue weighted by molar-refractivity contribution is 5.90. The number of nitrogens with zero attached hydrogens (tertiary/aromatic N) is 4. The van der Waals surface area contributed by atoms with Gasteiger partial charge >= 0.3 is 6.36 Å². The first-order chi connectivity index (χ1) is 17.1. The summed E-state index contributed by atoms with van der Waals surface area (Å²) in [4.78, 5) is 21.5. The van der Waals surface area contributed by atoms with Crippen LogP contribution in [0.2, 0.25) is 0 Å². The average Bonchev–Trinajstić information content (AvgIpc) is 3.16. The Balaban J connectivity index is 0.000000319. The highest BCUT2D eigenvalue weighted by Gasteiger charge is 2.31. The minimum absolute atomic E-state index is 0.126. The molecule has 0 saturated carbocycles. The molecule has 1 aromatic carbocycles. The van der Waals surface area contributed by atoms with Gasteiger partial charge in [0.25, 0.3) is 12.3 Å². The number of hydrogen-bond acceptors (Lipinski definition) is 7. The van der Waals surface area contributed by atoms with Crippen LogP contribution in [0.15, 0.2) is 30.6 Å². The number of ether oxygens (including phenoxy) is 2. The Morgan fingerprint density at radius 3 is 2.47 bits per heavy atom. The number of aliphatic hydroxyl groups excluding tert-OH is 1. The fourth-order valence-corrected chi connectivity index (χ4v) is 3.13. The van der Waals surface area contributed by atoms with E-state index in [1.165, 1.54) is 12.1 Å². The van der Waals surface area contributed by atoms with Gasteiger partial charge in [-0.1, -0.05) is 6.42 Å². The van der Waals surface area contributed by atoms with Crippen molar-refractivity contribution in [1.82, 2.24) is 19.5 Å². The fourth-order valence-electron chi connectivity index (χ4n) is 3.13. The highest BCUT2D eigenvalue weighted by Crippen LogP contribution is 2.27. The van der Waals surface area contributed by atoms with Gasteiger partial charge in [-0.3, -0.25) is 9.78 Å². The number of fused-ring (bicyclic) bond motifs is 1. The number of rotatable bonds is 11. The molecular weight excluding hydrogens is 493 g/mol. The molecule has 0 saturated heterocycles. The Morgan fingerprint density at radius 2 is 1.92 bits per heavy atom. The van der Waals surface area contributed by atoms with Crippen LogP contribution in [-0.4, -0.2) is 57.2 Å². The number of alkyl halides is 5. The summed E-state index contributed by atoms with van der Waals surface area (Å²) in [6.45, 7) is 1.20. The number of nitrogens with two attached hydrogens (primary N) is 1. The van der Waals surface area contributed by atoms with E-state index >= 15 is 0 Å². The number of amides is 1. The number of aromatic nitrogens is 4. The van der Waals surface area contributed by atoms with E-state index in [2.05, 4.69) is 19.7 Å². The number of primary amides is 1. The molecule has 3 aromatic rings. The predicted octanol–water partition coefficient (Wildman–Crippen LogP) is 3.80. The van der Waals surface area contributed by atoms with E-state index in [1.807, 2.05) is 4.57 Å². The number of carbonyl (C=O) groups excluding carboxylic acids is 1. The number of hydrogen-bond donors (Lipinski definition) is 2. The lowest BCUT2D eigenvalue weighted by Gasteiger charge is -2.10. The third kappa shape index (κ3) is 9.00. The van der Waals surface area contributed by atoms with Crippen molar-refractivity contribution >= 4 is 16.9 Å². The minimum Gasteiger partial charge on any atom is -0.406 e. The van der Waals surface area contributed by atoms with Gasteiger partial charge < -0.3 is 24.9 Å². The number of unbranched alkanes of at least 4 members (excludes halogenated alkanes) is 2. The summed E-state index contributed by atoms with van der Waals surface area (Å²) in [5.74, 6) is -0.273. The minimum atomic E-state index is -4.72. The number of aliphatic hydroxyl groups is 1. The molecule has 3 N–H and O–H groups in total. The van der Waals surface area contributed by atoms with Crippen LogP contribution in [0.5, 0.6) is 5.75 Å². The van der Waals surface area contributed by atoms with Gasteiger partial charge in [0.05, 0.1) is 30.0 Å². The number of aryl methyl sites for hydroxylation is 1. The van der Waals surface area contributed by atoms with Crippen LogP contribution in [-0.2, 0) is 17.7 Å². The molecule has 1 amide bonds. The van der Waals surface area contributed by atoms with Gasteiger partial charge in [0.15, 0.2) is 0 Å². The van der Waals surface area contributed by atoms with Gasteiger partial charge in [0.2, 0.25) is 0 Å². The van der Waals surface area contributed by atoms with Crippen LogP contribution >= 0.6 is 0 Å². The first-order valence-corrected chi connectivity index (χ1v) is 10.8. The van der Waals surface area contributed by atoms with Crippen molar-refractivity contribution in [2.75, 3.05) is 20.3 Å². The molecule has 0 fully saturated rings. The first-order valence-electron chi connectivity index (χ1n) is 10.8. The van der Waals surface area contributed by atoms with E-state index in [-0.39, 0.29) is 18.1 Å². The zero-order valence-electron chi connectivity index (χ0n) is 19.3. The fraction of sp³-hybridized carbons (Fsp3) is 0.455. The van der Waals surface area contributed by atoms with Crippen LogP contribution < -0.4 is 10.5 Å². The normalized spacial score (nSPS) is 11.4. The quantitative estimate of drug-likeness (QED) is 0.292. The molecule has 2 heterocycles. The smallest absolute Gasteiger partial charge is 0.406 e. The molecule has 0 atom stereocenters. The number of imidazole rings is 1. The average molecular weight is 519 g/mol. The Morgan fingerprint density at radius 1 is 1.17 bits per heavy atom. The Hall–Kier alpha value is -3.39. The molecule has 2 aromatic heterocycles. The third-order valence-electron chi connectivity index (χ3n) is 4.76. The summed E-state index contributed by atoms with van der Waals surface area (Å²) < 4.78 is 71.8. The molecule has 36 heavy (non-hydrogen) atoms. The molecule has 0 spiro atoms. The lowest BCUT2D eigenvalue weighted by atomic mass is 10.2. The molecule has 9 nitrogen and oxygen atoms in total. The van der Waals surface area contributed by atoms with E-state index in [1.54, 1.807) is 13.2 Å². The van der Waals surface area contributed by atoms with E-state index in [4.69, 9.17) is 15.6 Å². The van der Waals surface area contributed by atoms with Crippen molar-refractivity contribution in [2.24, 2.45) is 5.73 Å². The maximum absolute atomic E-state index is 12.3. The third-order valence-corrected chi connectivity index (χ3v) is 4.76. The number of halogens is 5. The SMILES string of the molecule is COCCn1c(CCCCCO)nc2cc(OC(F)(F)F)ccc21.NC(=O)c1cnc(C(F)F)cn1. The van der Waals surface area contributed by atoms with Gasteiger partial charge in [-0.25, -0.2) is 18.7 Å². The van der Waals surface area contributed by atoms with Gasteiger partial charge in [-0.15, -0.1) is 13.2 Å². The predicted molar refractivity (Wildman–Crippen MR) is 118 cm³/mol. The van der Waals surface area contributed by atoms with Crippen LogP contribution in [0.3, 0.4) is 0 Å². The topological polar surface area (TPSA) is 125 Å². The maximum atomic E-state index is 12.3. The summed E-state index contributed by atoms with van der Waals surface area (Å²) >= 11 is 0. The lowest BCUT2D eigenvalue weighted by Crippen LogP contribution is -2.17. The number of carbonyl (C=O) groups is 1. The zero-order valence-corrected chi connectivity index (χ0v) is 19.3.